The van der Waals surface area contributed by atoms with Crippen LogP contribution >= 0.6 is 0 Å². The maximum absolute atomic E-state index is 12.0. The van der Waals surface area contributed by atoms with Gasteiger partial charge in [0.05, 0.1) is 12.7 Å². The molecule has 5 nitrogen and oxygen atoms in total. The van der Waals surface area contributed by atoms with Crippen LogP contribution in [0.4, 0.5) is 0 Å². The predicted molar refractivity (Wildman–Crippen MR) is 96.6 cm³/mol. The van der Waals surface area contributed by atoms with Crippen molar-refractivity contribution in [3.63, 3.8) is 0 Å². The number of fused-ring (bicyclic) bond motifs is 1. The summed E-state index contributed by atoms with van der Waals surface area (Å²) in [5.41, 5.74) is 3.88. The average Bonchev–Trinajstić information content (AvgIpc) is 3.33. The molecule has 132 valence electrons. The Kier molecular flexibility index (Phi) is 4.24. The molecule has 0 spiro atoms. The first-order valence-electron chi connectivity index (χ1n) is 9.18. The number of carbonyl (C=O) groups is 1. The van der Waals surface area contributed by atoms with Crippen LogP contribution < -0.4 is 4.74 Å². The summed E-state index contributed by atoms with van der Waals surface area (Å²) >= 11 is 0. The van der Waals surface area contributed by atoms with E-state index < -0.39 is 0 Å². The molecule has 1 aliphatic carbocycles. The number of benzene rings is 1. The van der Waals surface area contributed by atoms with Crippen molar-refractivity contribution in [1.29, 1.82) is 0 Å². The SMILES string of the molecule is CCN1C[C@@H](Cn2ccnc2-c2cc3c(cc2OC)CCC3)CC1=O. The van der Waals surface area contributed by atoms with Gasteiger partial charge in [0.15, 0.2) is 0 Å². The van der Waals surface area contributed by atoms with Crippen molar-refractivity contribution in [3.8, 4) is 17.1 Å². The fourth-order valence-electron chi connectivity index (χ4n) is 4.21. The van der Waals surface area contributed by atoms with Gasteiger partial charge in [-0.05, 0) is 49.4 Å². The van der Waals surface area contributed by atoms with Gasteiger partial charge in [0.2, 0.25) is 5.91 Å². The van der Waals surface area contributed by atoms with E-state index in [1.807, 2.05) is 24.2 Å². The first-order chi connectivity index (χ1) is 12.2. The molecule has 5 heteroatoms. The number of ether oxygens (including phenoxy) is 1. The van der Waals surface area contributed by atoms with Gasteiger partial charge in [0, 0.05) is 44.4 Å². The number of nitrogens with zero attached hydrogens (tertiary/aromatic N) is 3. The molecule has 1 aromatic heterocycles. The lowest BCUT2D eigenvalue weighted by molar-refractivity contribution is -0.127. The van der Waals surface area contributed by atoms with Crippen LogP contribution in [0.5, 0.6) is 5.75 Å². The summed E-state index contributed by atoms with van der Waals surface area (Å²) in [4.78, 5) is 18.6. The van der Waals surface area contributed by atoms with Crippen LogP contribution in [0.2, 0.25) is 0 Å². The van der Waals surface area contributed by atoms with E-state index in [4.69, 9.17) is 4.74 Å². The number of carbonyl (C=O) groups excluding carboxylic acids is 1. The molecule has 1 fully saturated rings. The third-order valence-electron chi connectivity index (χ3n) is 5.50. The van der Waals surface area contributed by atoms with Gasteiger partial charge in [0.1, 0.15) is 11.6 Å². The van der Waals surface area contributed by atoms with E-state index in [0.717, 1.165) is 49.6 Å². The lowest BCUT2D eigenvalue weighted by Gasteiger charge is -2.17. The van der Waals surface area contributed by atoms with E-state index in [2.05, 4.69) is 21.7 Å². The van der Waals surface area contributed by atoms with Gasteiger partial charge in [-0.15, -0.1) is 0 Å². The Bertz CT molecular complexity index is 796. The minimum atomic E-state index is 0.268. The molecule has 1 aromatic carbocycles. The fraction of sp³-hybridized carbons (Fsp3) is 0.500. The minimum absolute atomic E-state index is 0.268. The molecule has 0 radical (unpaired) electrons. The molecule has 1 amide bonds. The van der Waals surface area contributed by atoms with E-state index in [1.54, 1.807) is 7.11 Å². The maximum atomic E-state index is 12.0. The quantitative estimate of drug-likeness (QED) is 0.841. The highest BCUT2D eigenvalue weighted by atomic mass is 16.5. The van der Waals surface area contributed by atoms with Gasteiger partial charge in [-0.1, -0.05) is 0 Å². The van der Waals surface area contributed by atoms with Crippen LogP contribution in [0.1, 0.15) is 30.9 Å². The van der Waals surface area contributed by atoms with Crippen molar-refractivity contribution in [3.05, 3.63) is 35.7 Å². The van der Waals surface area contributed by atoms with Crippen LogP contribution in [0.3, 0.4) is 0 Å². The first-order valence-corrected chi connectivity index (χ1v) is 9.18. The highest BCUT2D eigenvalue weighted by molar-refractivity contribution is 5.78. The molecule has 2 heterocycles. The average molecular weight is 339 g/mol. The van der Waals surface area contributed by atoms with Crippen molar-refractivity contribution in [2.75, 3.05) is 20.2 Å². The molecule has 25 heavy (non-hydrogen) atoms. The molecule has 1 aliphatic heterocycles. The minimum Gasteiger partial charge on any atom is -0.496 e. The molecule has 2 aliphatic rings. The second-order valence-electron chi connectivity index (χ2n) is 7.08. The zero-order valence-electron chi connectivity index (χ0n) is 15.0. The molecule has 0 unspecified atom stereocenters. The number of methoxy groups -OCH3 is 1. The van der Waals surface area contributed by atoms with Crippen molar-refractivity contribution in [2.24, 2.45) is 5.92 Å². The number of aryl methyl sites for hydroxylation is 2. The summed E-state index contributed by atoms with van der Waals surface area (Å²) in [6.07, 6.45) is 7.98. The Morgan fingerprint density at radius 1 is 1.28 bits per heavy atom. The molecule has 0 bridgehead atoms. The van der Waals surface area contributed by atoms with Crippen LogP contribution in [0.15, 0.2) is 24.5 Å². The van der Waals surface area contributed by atoms with Gasteiger partial charge in [-0.25, -0.2) is 4.98 Å². The number of amides is 1. The zero-order valence-corrected chi connectivity index (χ0v) is 15.0. The molecular formula is C20H25N3O2. The fourth-order valence-corrected chi connectivity index (χ4v) is 4.21. The van der Waals surface area contributed by atoms with Crippen LogP contribution in [-0.2, 0) is 24.2 Å². The van der Waals surface area contributed by atoms with Crippen LogP contribution in [0, 0.1) is 5.92 Å². The Morgan fingerprint density at radius 2 is 2.08 bits per heavy atom. The largest absolute Gasteiger partial charge is 0.496 e. The third kappa shape index (κ3) is 2.92. The van der Waals surface area contributed by atoms with Crippen LogP contribution in [0.25, 0.3) is 11.4 Å². The van der Waals surface area contributed by atoms with Crippen LogP contribution in [-0.4, -0.2) is 40.6 Å². The van der Waals surface area contributed by atoms with E-state index in [9.17, 15) is 4.79 Å². The molecule has 4 rings (SSSR count). The van der Waals surface area contributed by atoms with Crippen molar-refractivity contribution in [1.82, 2.24) is 14.5 Å². The second kappa shape index (κ2) is 6.54. The van der Waals surface area contributed by atoms with Gasteiger partial charge >= 0.3 is 0 Å². The Balaban J connectivity index is 1.63. The lowest BCUT2D eigenvalue weighted by Crippen LogP contribution is -2.25. The normalized spacial score (nSPS) is 19.5. The van der Waals surface area contributed by atoms with Crippen molar-refractivity contribution < 1.29 is 9.53 Å². The second-order valence-corrected chi connectivity index (χ2v) is 7.08. The molecule has 0 saturated carbocycles. The highest BCUT2D eigenvalue weighted by Gasteiger charge is 2.29. The summed E-state index contributed by atoms with van der Waals surface area (Å²) in [7, 11) is 1.72. The summed E-state index contributed by atoms with van der Waals surface area (Å²) < 4.78 is 7.83. The zero-order chi connectivity index (χ0) is 17.4. The molecule has 1 saturated heterocycles. The summed E-state index contributed by atoms with van der Waals surface area (Å²) in [6.45, 7) is 4.50. The lowest BCUT2D eigenvalue weighted by atomic mass is 10.0. The van der Waals surface area contributed by atoms with Gasteiger partial charge in [0.25, 0.3) is 0 Å². The van der Waals surface area contributed by atoms with E-state index >= 15 is 0 Å². The summed E-state index contributed by atoms with van der Waals surface area (Å²) in [6, 6.07) is 4.42. The topological polar surface area (TPSA) is 47.4 Å². The van der Waals surface area contributed by atoms with Gasteiger partial charge in [-0.3, -0.25) is 4.79 Å². The molecule has 2 aromatic rings. The molecule has 1 atom stereocenters. The summed E-state index contributed by atoms with van der Waals surface area (Å²) in [5, 5.41) is 0. The molecule has 0 N–H and O–H groups in total. The van der Waals surface area contributed by atoms with Crippen molar-refractivity contribution >= 4 is 5.91 Å². The number of imidazole rings is 1. The Morgan fingerprint density at radius 3 is 2.80 bits per heavy atom. The number of rotatable bonds is 5. The number of hydrogen-bond donors (Lipinski definition) is 0. The maximum Gasteiger partial charge on any atom is 0.222 e. The number of likely N-dealkylation sites (tertiary alicyclic amines) is 1. The predicted octanol–water partition coefficient (Wildman–Crippen LogP) is 2.92. The van der Waals surface area contributed by atoms with E-state index in [1.165, 1.54) is 17.5 Å². The monoisotopic (exact) mass is 339 g/mol. The Labute approximate surface area is 148 Å². The smallest absolute Gasteiger partial charge is 0.222 e. The standard InChI is InChI=1S/C20H25N3O2/c1-3-22-12-14(9-19(22)24)13-23-8-7-21-20(23)17-10-15-5-4-6-16(15)11-18(17)25-2/h7-8,10-11,14H,3-6,9,12-13H2,1-2H3/t14-/m0/s1. The van der Waals surface area contributed by atoms with Gasteiger partial charge in [-0.2, -0.15) is 0 Å². The summed E-state index contributed by atoms with van der Waals surface area (Å²) in [5.74, 6) is 2.45. The van der Waals surface area contributed by atoms with E-state index in [-0.39, 0.29) is 5.91 Å². The van der Waals surface area contributed by atoms with Gasteiger partial charge < -0.3 is 14.2 Å². The van der Waals surface area contributed by atoms with Crippen molar-refractivity contribution in [2.45, 2.75) is 39.2 Å². The Hall–Kier alpha value is -2.30. The highest BCUT2D eigenvalue weighted by Crippen LogP contribution is 2.36. The van der Waals surface area contributed by atoms with E-state index in [0.29, 0.717) is 12.3 Å². The number of hydrogen-bond acceptors (Lipinski definition) is 3. The third-order valence-corrected chi connectivity index (χ3v) is 5.50. The number of aromatic nitrogens is 2. The first kappa shape index (κ1) is 16.2. The molecular weight excluding hydrogens is 314 g/mol.